The van der Waals surface area contributed by atoms with Crippen LogP contribution >= 0.6 is 15.9 Å². The fraction of sp³-hybridized carbons (Fsp3) is 0.0500. The van der Waals surface area contributed by atoms with Crippen LogP contribution in [0.15, 0.2) is 65.7 Å². The summed E-state index contributed by atoms with van der Waals surface area (Å²) in [6, 6.07) is 10.8. The van der Waals surface area contributed by atoms with Gasteiger partial charge in [0, 0.05) is 24.4 Å². The number of halogens is 2. The zero-order valence-corrected chi connectivity index (χ0v) is 16.0. The zero-order chi connectivity index (χ0) is 19.1. The van der Waals surface area contributed by atoms with Crippen molar-refractivity contribution in [3.05, 3.63) is 82.7 Å². The summed E-state index contributed by atoms with van der Waals surface area (Å²) in [5.74, 6) is 0.152. The van der Waals surface area contributed by atoms with Crippen LogP contribution in [0.1, 0.15) is 11.3 Å². The summed E-state index contributed by atoms with van der Waals surface area (Å²) in [6.45, 7) is 0. The molecular formula is C20H12BrFN6. The van der Waals surface area contributed by atoms with Crippen LogP contribution in [0.25, 0.3) is 28.1 Å². The molecule has 3 aromatic heterocycles. The first-order chi connectivity index (χ1) is 13.7. The SMILES string of the molecule is Fc1cc(-c2cnc3ncc(Cc4ccc5nccnc5c4)n3n2)ccc1Br. The van der Waals surface area contributed by atoms with E-state index in [0.29, 0.717) is 27.9 Å². The first-order valence-corrected chi connectivity index (χ1v) is 9.31. The summed E-state index contributed by atoms with van der Waals surface area (Å²) in [6.07, 6.45) is 7.31. The first kappa shape index (κ1) is 16.9. The third-order valence-electron chi connectivity index (χ3n) is 4.43. The highest BCUT2D eigenvalue weighted by molar-refractivity contribution is 9.10. The van der Waals surface area contributed by atoms with E-state index >= 15 is 0 Å². The summed E-state index contributed by atoms with van der Waals surface area (Å²) in [4.78, 5) is 17.3. The van der Waals surface area contributed by atoms with Crippen LogP contribution in [0.4, 0.5) is 4.39 Å². The predicted octanol–water partition coefficient (Wildman–Crippen LogP) is 4.23. The molecule has 0 bridgehead atoms. The van der Waals surface area contributed by atoms with Crippen molar-refractivity contribution in [3.63, 3.8) is 0 Å². The van der Waals surface area contributed by atoms with E-state index in [1.54, 1.807) is 41.4 Å². The largest absolute Gasteiger partial charge is 0.253 e. The van der Waals surface area contributed by atoms with Crippen molar-refractivity contribution in [3.8, 4) is 11.3 Å². The molecule has 0 aliphatic rings. The number of fused-ring (bicyclic) bond motifs is 2. The molecule has 0 fully saturated rings. The highest BCUT2D eigenvalue weighted by Gasteiger charge is 2.11. The maximum absolute atomic E-state index is 13.9. The fourth-order valence-electron chi connectivity index (χ4n) is 3.06. The van der Waals surface area contributed by atoms with Crippen LogP contribution < -0.4 is 0 Å². The van der Waals surface area contributed by atoms with Gasteiger partial charge in [0.1, 0.15) is 11.5 Å². The van der Waals surface area contributed by atoms with Gasteiger partial charge in [0.25, 0.3) is 5.78 Å². The van der Waals surface area contributed by atoms with E-state index in [1.807, 2.05) is 18.2 Å². The zero-order valence-electron chi connectivity index (χ0n) is 14.4. The minimum atomic E-state index is -0.345. The molecule has 0 unspecified atom stereocenters. The lowest BCUT2D eigenvalue weighted by Gasteiger charge is -2.05. The van der Waals surface area contributed by atoms with Gasteiger partial charge in [-0.3, -0.25) is 9.97 Å². The Labute approximate surface area is 167 Å². The van der Waals surface area contributed by atoms with Gasteiger partial charge in [-0.2, -0.15) is 5.10 Å². The number of hydrogen-bond donors (Lipinski definition) is 0. The van der Waals surface area contributed by atoms with Crippen LogP contribution in [-0.2, 0) is 6.42 Å². The Kier molecular flexibility index (Phi) is 4.05. The molecule has 28 heavy (non-hydrogen) atoms. The molecule has 2 aromatic carbocycles. The lowest BCUT2D eigenvalue weighted by atomic mass is 10.1. The predicted molar refractivity (Wildman–Crippen MR) is 106 cm³/mol. The van der Waals surface area contributed by atoms with E-state index in [4.69, 9.17) is 0 Å². The lowest BCUT2D eigenvalue weighted by molar-refractivity contribution is 0.621. The Morgan fingerprint density at radius 3 is 2.57 bits per heavy atom. The van der Waals surface area contributed by atoms with Crippen molar-refractivity contribution in [2.24, 2.45) is 0 Å². The molecule has 0 saturated carbocycles. The second-order valence-electron chi connectivity index (χ2n) is 6.29. The third-order valence-corrected chi connectivity index (χ3v) is 5.08. The van der Waals surface area contributed by atoms with Crippen molar-refractivity contribution in [1.82, 2.24) is 29.5 Å². The Bertz CT molecular complexity index is 1330. The van der Waals surface area contributed by atoms with Gasteiger partial charge < -0.3 is 0 Å². The molecule has 5 rings (SSSR count). The Balaban J connectivity index is 1.54. The number of rotatable bonds is 3. The molecule has 0 amide bonds. The molecule has 0 atom stereocenters. The normalized spacial score (nSPS) is 11.4. The maximum atomic E-state index is 13.9. The molecule has 0 saturated heterocycles. The number of hydrogen-bond acceptors (Lipinski definition) is 5. The summed E-state index contributed by atoms with van der Waals surface area (Å²) >= 11 is 3.17. The highest BCUT2D eigenvalue weighted by Crippen LogP contribution is 2.23. The van der Waals surface area contributed by atoms with Gasteiger partial charge in [-0.05, 0) is 45.8 Å². The van der Waals surface area contributed by atoms with E-state index in [2.05, 4.69) is 41.0 Å². The Hall–Kier alpha value is -3.26. The van der Waals surface area contributed by atoms with Gasteiger partial charge in [-0.25, -0.2) is 18.9 Å². The van der Waals surface area contributed by atoms with E-state index < -0.39 is 0 Å². The van der Waals surface area contributed by atoms with Gasteiger partial charge in [-0.1, -0.05) is 12.1 Å². The molecule has 0 aliphatic heterocycles. The second kappa shape index (κ2) is 6.72. The quantitative estimate of drug-likeness (QED) is 0.425. The molecule has 6 nitrogen and oxygen atoms in total. The lowest BCUT2D eigenvalue weighted by Crippen LogP contribution is -2.02. The summed E-state index contributed by atoms with van der Waals surface area (Å²) in [5.41, 5.74) is 4.86. The van der Waals surface area contributed by atoms with E-state index in [-0.39, 0.29) is 5.82 Å². The van der Waals surface area contributed by atoms with Crippen LogP contribution in [0.3, 0.4) is 0 Å². The van der Waals surface area contributed by atoms with Gasteiger partial charge in [0.05, 0.1) is 33.6 Å². The molecule has 0 N–H and O–H groups in total. The van der Waals surface area contributed by atoms with Crippen LogP contribution in [0, 0.1) is 5.82 Å². The average Bonchev–Trinajstić information content (AvgIpc) is 3.12. The maximum Gasteiger partial charge on any atom is 0.250 e. The van der Waals surface area contributed by atoms with E-state index in [9.17, 15) is 4.39 Å². The minimum absolute atomic E-state index is 0.345. The molecule has 0 radical (unpaired) electrons. The number of aromatic nitrogens is 6. The standard InChI is InChI=1S/C20H12BrFN6/c21-15-3-2-13(9-16(15)22)19-11-26-20-25-10-14(28(20)27-19)7-12-1-4-17-18(8-12)24-6-5-23-17/h1-6,8-11H,7H2. The highest BCUT2D eigenvalue weighted by atomic mass is 79.9. The van der Waals surface area contributed by atoms with Crippen LogP contribution in [0.2, 0.25) is 0 Å². The number of nitrogens with zero attached hydrogens (tertiary/aromatic N) is 6. The van der Waals surface area contributed by atoms with Crippen LogP contribution in [0.5, 0.6) is 0 Å². The van der Waals surface area contributed by atoms with E-state index in [0.717, 1.165) is 22.3 Å². The van der Waals surface area contributed by atoms with E-state index in [1.165, 1.54) is 6.07 Å². The van der Waals surface area contributed by atoms with Crippen LogP contribution in [-0.4, -0.2) is 29.5 Å². The van der Waals surface area contributed by atoms with Gasteiger partial charge in [0.2, 0.25) is 0 Å². The van der Waals surface area contributed by atoms with Crippen molar-refractivity contribution >= 4 is 32.7 Å². The fourth-order valence-corrected chi connectivity index (χ4v) is 3.30. The first-order valence-electron chi connectivity index (χ1n) is 8.52. The van der Waals surface area contributed by atoms with Gasteiger partial charge >= 0.3 is 0 Å². The Morgan fingerprint density at radius 1 is 0.893 bits per heavy atom. The summed E-state index contributed by atoms with van der Waals surface area (Å²) in [7, 11) is 0. The van der Waals surface area contributed by atoms with Crippen molar-refractivity contribution in [2.45, 2.75) is 6.42 Å². The van der Waals surface area contributed by atoms with Crippen molar-refractivity contribution in [2.75, 3.05) is 0 Å². The Morgan fingerprint density at radius 2 is 1.71 bits per heavy atom. The molecule has 136 valence electrons. The molecule has 3 heterocycles. The summed E-state index contributed by atoms with van der Waals surface area (Å²) in [5, 5.41) is 4.62. The van der Waals surface area contributed by atoms with Gasteiger partial charge in [0.15, 0.2) is 0 Å². The van der Waals surface area contributed by atoms with Crippen molar-refractivity contribution in [1.29, 1.82) is 0 Å². The molecule has 5 aromatic rings. The molecular weight excluding hydrogens is 423 g/mol. The molecule has 0 spiro atoms. The van der Waals surface area contributed by atoms with Gasteiger partial charge in [-0.15, -0.1) is 0 Å². The monoisotopic (exact) mass is 434 g/mol. The topological polar surface area (TPSA) is 68.9 Å². The average molecular weight is 435 g/mol. The molecule has 8 heteroatoms. The second-order valence-corrected chi connectivity index (χ2v) is 7.14. The van der Waals surface area contributed by atoms with Crippen molar-refractivity contribution < 1.29 is 4.39 Å². The number of benzene rings is 2. The number of imidazole rings is 1. The minimum Gasteiger partial charge on any atom is -0.253 e. The smallest absolute Gasteiger partial charge is 0.250 e. The third kappa shape index (κ3) is 3.01. The molecule has 0 aliphatic carbocycles. The summed E-state index contributed by atoms with van der Waals surface area (Å²) < 4.78 is 16.0.